The highest BCUT2D eigenvalue weighted by molar-refractivity contribution is 6.17. The predicted molar refractivity (Wildman–Crippen MR) is 75.5 cm³/mol. The van der Waals surface area contributed by atoms with E-state index in [0.717, 1.165) is 0 Å². The van der Waals surface area contributed by atoms with Gasteiger partial charge >= 0.3 is 0 Å². The Labute approximate surface area is 116 Å². The molecule has 4 heteroatoms. The first-order chi connectivity index (χ1) is 9.36. The van der Waals surface area contributed by atoms with Gasteiger partial charge in [-0.25, -0.2) is 0 Å². The van der Waals surface area contributed by atoms with Crippen LogP contribution in [-0.2, 0) is 12.8 Å². The summed E-state index contributed by atoms with van der Waals surface area (Å²) in [4.78, 5) is 0. The van der Waals surface area contributed by atoms with Crippen molar-refractivity contribution in [3.63, 3.8) is 0 Å². The third kappa shape index (κ3) is 2.61. The standard InChI is InChI=1S/C15H13ClN2O/c16-9-8-14-17-18-15(19-14)10-12-6-3-5-11-4-1-2-7-13(11)12/h1-7H,8-10H2. The van der Waals surface area contributed by atoms with Crippen molar-refractivity contribution in [3.05, 3.63) is 59.8 Å². The minimum absolute atomic E-state index is 0.496. The van der Waals surface area contributed by atoms with Gasteiger partial charge in [-0.2, -0.15) is 0 Å². The molecule has 0 aliphatic heterocycles. The van der Waals surface area contributed by atoms with Gasteiger partial charge in [0.1, 0.15) is 0 Å². The van der Waals surface area contributed by atoms with E-state index < -0.39 is 0 Å². The number of fused-ring (bicyclic) bond motifs is 1. The van der Waals surface area contributed by atoms with E-state index in [1.807, 2.05) is 18.2 Å². The predicted octanol–water partition coefficient (Wildman–Crippen LogP) is 3.59. The SMILES string of the molecule is ClCCc1nnc(Cc2cccc3ccccc23)o1. The van der Waals surface area contributed by atoms with Crippen LogP contribution < -0.4 is 0 Å². The van der Waals surface area contributed by atoms with E-state index in [2.05, 4.69) is 34.5 Å². The van der Waals surface area contributed by atoms with Crippen molar-refractivity contribution in [3.8, 4) is 0 Å². The number of nitrogens with zero attached hydrogens (tertiary/aromatic N) is 2. The van der Waals surface area contributed by atoms with Crippen molar-refractivity contribution in [1.29, 1.82) is 0 Å². The number of rotatable bonds is 4. The number of aryl methyl sites for hydroxylation is 1. The van der Waals surface area contributed by atoms with Crippen molar-refractivity contribution in [2.75, 3.05) is 5.88 Å². The Morgan fingerprint density at radius 1 is 0.947 bits per heavy atom. The van der Waals surface area contributed by atoms with Gasteiger partial charge in [0, 0.05) is 12.3 Å². The Morgan fingerprint density at radius 2 is 1.74 bits per heavy atom. The lowest BCUT2D eigenvalue weighted by molar-refractivity contribution is 0.463. The molecule has 0 N–H and O–H groups in total. The lowest BCUT2D eigenvalue weighted by Gasteiger charge is -2.03. The van der Waals surface area contributed by atoms with Gasteiger partial charge in [0.25, 0.3) is 0 Å². The summed E-state index contributed by atoms with van der Waals surface area (Å²) in [7, 11) is 0. The molecule has 0 aliphatic rings. The molecule has 3 rings (SSSR count). The van der Waals surface area contributed by atoms with Crippen LogP contribution in [0.3, 0.4) is 0 Å². The van der Waals surface area contributed by atoms with E-state index in [1.165, 1.54) is 16.3 Å². The Balaban J connectivity index is 1.92. The second-order valence-corrected chi connectivity index (χ2v) is 4.72. The summed E-state index contributed by atoms with van der Waals surface area (Å²) in [5, 5.41) is 10.5. The summed E-state index contributed by atoms with van der Waals surface area (Å²) in [6.45, 7) is 0. The van der Waals surface area contributed by atoms with Gasteiger partial charge in [-0.3, -0.25) is 0 Å². The van der Waals surface area contributed by atoms with Crippen molar-refractivity contribution in [2.24, 2.45) is 0 Å². The molecule has 96 valence electrons. The number of aromatic nitrogens is 2. The minimum Gasteiger partial charge on any atom is -0.425 e. The van der Waals surface area contributed by atoms with Crippen molar-refractivity contribution < 1.29 is 4.42 Å². The summed E-state index contributed by atoms with van der Waals surface area (Å²) in [6, 6.07) is 14.5. The maximum absolute atomic E-state index is 5.66. The first-order valence-corrected chi connectivity index (χ1v) is 6.74. The largest absolute Gasteiger partial charge is 0.425 e. The third-order valence-electron chi connectivity index (χ3n) is 3.04. The van der Waals surface area contributed by atoms with Crippen molar-refractivity contribution >= 4 is 22.4 Å². The normalized spacial score (nSPS) is 11.0. The Hall–Kier alpha value is -1.87. The molecule has 1 heterocycles. The van der Waals surface area contributed by atoms with Gasteiger partial charge in [0.2, 0.25) is 11.8 Å². The molecular formula is C15H13ClN2O. The first-order valence-electron chi connectivity index (χ1n) is 6.20. The van der Waals surface area contributed by atoms with Crippen LogP contribution in [0.25, 0.3) is 10.8 Å². The van der Waals surface area contributed by atoms with E-state index in [1.54, 1.807) is 0 Å². The summed E-state index contributed by atoms with van der Waals surface area (Å²) in [5.74, 6) is 1.73. The van der Waals surface area contributed by atoms with Crippen LogP contribution in [-0.4, -0.2) is 16.1 Å². The Kier molecular flexibility index (Phi) is 3.47. The van der Waals surface area contributed by atoms with Crippen LogP contribution in [0.5, 0.6) is 0 Å². The highest BCUT2D eigenvalue weighted by Crippen LogP contribution is 2.20. The fraction of sp³-hybridized carbons (Fsp3) is 0.200. The highest BCUT2D eigenvalue weighted by Gasteiger charge is 2.08. The molecule has 0 radical (unpaired) electrons. The third-order valence-corrected chi connectivity index (χ3v) is 3.23. The molecular weight excluding hydrogens is 260 g/mol. The molecule has 0 spiro atoms. The second kappa shape index (κ2) is 5.41. The smallest absolute Gasteiger partial charge is 0.220 e. The van der Waals surface area contributed by atoms with Crippen LogP contribution >= 0.6 is 11.6 Å². The molecule has 0 fully saturated rings. The van der Waals surface area contributed by atoms with Crippen LogP contribution in [0.15, 0.2) is 46.9 Å². The molecule has 0 atom stereocenters. The molecule has 0 saturated carbocycles. The minimum atomic E-state index is 0.496. The van der Waals surface area contributed by atoms with Gasteiger partial charge in [-0.05, 0) is 16.3 Å². The zero-order chi connectivity index (χ0) is 13.1. The number of alkyl halides is 1. The number of halogens is 1. The second-order valence-electron chi connectivity index (χ2n) is 4.34. The Morgan fingerprint density at radius 3 is 2.63 bits per heavy atom. The van der Waals surface area contributed by atoms with Gasteiger partial charge in [0.05, 0.1) is 6.42 Å². The van der Waals surface area contributed by atoms with Gasteiger partial charge in [-0.1, -0.05) is 42.5 Å². The lowest BCUT2D eigenvalue weighted by Crippen LogP contribution is -1.90. The topological polar surface area (TPSA) is 38.9 Å². The molecule has 0 amide bonds. The van der Waals surface area contributed by atoms with Gasteiger partial charge in [0.15, 0.2) is 0 Å². The molecule has 0 saturated heterocycles. The zero-order valence-electron chi connectivity index (χ0n) is 10.3. The van der Waals surface area contributed by atoms with Crippen molar-refractivity contribution in [1.82, 2.24) is 10.2 Å². The first kappa shape index (κ1) is 12.2. The van der Waals surface area contributed by atoms with E-state index in [-0.39, 0.29) is 0 Å². The maximum Gasteiger partial charge on any atom is 0.220 e. The summed E-state index contributed by atoms with van der Waals surface area (Å²) < 4.78 is 5.57. The van der Waals surface area contributed by atoms with Gasteiger partial charge in [-0.15, -0.1) is 21.8 Å². The monoisotopic (exact) mass is 272 g/mol. The number of benzene rings is 2. The van der Waals surface area contributed by atoms with E-state index >= 15 is 0 Å². The van der Waals surface area contributed by atoms with E-state index in [0.29, 0.717) is 30.5 Å². The maximum atomic E-state index is 5.66. The summed E-state index contributed by atoms with van der Waals surface area (Å²) in [6.07, 6.45) is 1.26. The molecule has 3 nitrogen and oxygen atoms in total. The average Bonchev–Trinajstić information content (AvgIpc) is 2.87. The molecule has 19 heavy (non-hydrogen) atoms. The molecule has 1 aromatic heterocycles. The van der Waals surface area contributed by atoms with E-state index in [9.17, 15) is 0 Å². The van der Waals surface area contributed by atoms with Gasteiger partial charge < -0.3 is 4.42 Å². The van der Waals surface area contributed by atoms with Crippen LogP contribution in [0.4, 0.5) is 0 Å². The summed E-state index contributed by atoms with van der Waals surface area (Å²) >= 11 is 5.66. The molecule has 0 unspecified atom stereocenters. The van der Waals surface area contributed by atoms with Crippen molar-refractivity contribution in [2.45, 2.75) is 12.8 Å². The zero-order valence-corrected chi connectivity index (χ0v) is 11.1. The molecule has 3 aromatic rings. The van der Waals surface area contributed by atoms with Crippen LogP contribution in [0.2, 0.25) is 0 Å². The van der Waals surface area contributed by atoms with Crippen LogP contribution in [0.1, 0.15) is 17.3 Å². The molecule has 2 aromatic carbocycles. The molecule has 0 bridgehead atoms. The number of hydrogen-bond donors (Lipinski definition) is 0. The lowest BCUT2D eigenvalue weighted by atomic mass is 10.0. The Bertz CT molecular complexity index is 688. The molecule has 0 aliphatic carbocycles. The summed E-state index contributed by atoms with van der Waals surface area (Å²) in [5.41, 5.74) is 1.19. The van der Waals surface area contributed by atoms with Crippen LogP contribution in [0, 0.1) is 0 Å². The quantitative estimate of drug-likeness (QED) is 0.681. The average molecular weight is 273 g/mol. The fourth-order valence-electron chi connectivity index (χ4n) is 2.15. The highest BCUT2D eigenvalue weighted by atomic mass is 35.5. The van der Waals surface area contributed by atoms with E-state index in [4.69, 9.17) is 16.0 Å². The fourth-order valence-corrected chi connectivity index (χ4v) is 2.31. The number of hydrogen-bond acceptors (Lipinski definition) is 3.